The van der Waals surface area contributed by atoms with E-state index in [1.807, 2.05) is 24.3 Å². The highest BCUT2D eigenvalue weighted by atomic mass is 28.4. The van der Waals surface area contributed by atoms with Gasteiger partial charge in [0.2, 0.25) is 8.32 Å². The van der Waals surface area contributed by atoms with Crippen LogP contribution in [0.25, 0.3) is 10.4 Å². The number of ether oxygens (including phenoxy) is 3. The molecule has 1 heterocycles. The molecule has 0 aromatic heterocycles. The number of rotatable bonds is 10. The summed E-state index contributed by atoms with van der Waals surface area (Å²) in [6.45, 7) is 16.4. The van der Waals surface area contributed by atoms with Crippen molar-refractivity contribution in [3.63, 3.8) is 0 Å². The van der Waals surface area contributed by atoms with E-state index in [1.165, 1.54) is 0 Å². The first-order chi connectivity index (χ1) is 14.7. The first-order valence-corrected chi connectivity index (χ1v) is 13.4. The molecule has 1 fully saturated rings. The molecular formula is C23H39N3O4Si. The standard InChI is InChI=1S/C23H39N3O4Si/c1-15(2)31(16(3)4,17(5)6)30-23-22(25-26-24)18(7)21(14-29-23)28-13-19-9-11-20(27-8)12-10-19/h9-12,15-18,21-23H,13-14H2,1-8H3. The van der Waals surface area contributed by atoms with E-state index in [-0.39, 0.29) is 12.0 Å². The van der Waals surface area contributed by atoms with Crippen LogP contribution in [0.5, 0.6) is 5.75 Å². The van der Waals surface area contributed by atoms with Crippen molar-refractivity contribution in [3.8, 4) is 5.75 Å². The van der Waals surface area contributed by atoms with Crippen LogP contribution in [0.1, 0.15) is 54.0 Å². The smallest absolute Gasteiger partial charge is 0.203 e. The molecule has 0 N–H and O–H groups in total. The van der Waals surface area contributed by atoms with Gasteiger partial charge in [-0.25, -0.2) is 0 Å². The zero-order valence-electron chi connectivity index (χ0n) is 20.2. The van der Waals surface area contributed by atoms with Crippen LogP contribution in [0, 0.1) is 5.92 Å². The van der Waals surface area contributed by atoms with E-state index in [1.54, 1.807) is 7.11 Å². The summed E-state index contributed by atoms with van der Waals surface area (Å²) in [4.78, 5) is 3.11. The maximum Gasteiger partial charge on any atom is 0.203 e. The molecule has 174 valence electrons. The van der Waals surface area contributed by atoms with E-state index in [0.717, 1.165) is 11.3 Å². The second-order valence-corrected chi connectivity index (χ2v) is 14.8. The second-order valence-electron chi connectivity index (χ2n) is 9.39. The molecule has 0 radical (unpaired) electrons. The molecular weight excluding hydrogens is 410 g/mol. The molecule has 1 aromatic carbocycles. The summed E-state index contributed by atoms with van der Waals surface area (Å²) in [6.07, 6.45) is -0.712. The van der Waals surface area contributed by atoms with E-state index in [4.69, 9.17) is 18.6 Å². The number of azide groups is 1. The first-order valence-electron chi connectivity index (χ1n) is 11.2. The van der Waals surface area contributed by atoms with Gasteiger partial charge >= 0.3 is 0 Å². The number of hydrogen-bond donors (Lipinski definition) is 0. The lowest BCUT2D eigenvalue weighted by atomic mass is 9.93. The predicted molar refractivity (Wildman–Crippen MR) is 126 cm³/mol. The van der Waals surface area contributed by atoms with Crippen LogP contribution in [-0.2, 0) is 20.5 Å². The van der Waals surface area contributed by atoms with Gasteiger partial charge in [-0.15, -0.1) is 0 Å². The van der Waals surface area contributed by atoms with Gasteiger partial charge in [-0.1, -0.05) is 65.7 Å². The Hall–Kier alpha value is -1.57. The third-order valence-electron chi connectivity index (χ3n) is 6.66. The molecule has 31 heavy (non-hydrogen) atoms. The third kappa shape index (κ3) is 5.82. The summed E-state index contributed by atoms with van der Waals surface area (Å²) < 4.78 is 24.3. The monoisotopic (exact) mass is 449 g/mol. The molecule has 4 unspecified atom stereocenters. The van der Waals surface area contributed by atoms with Gasteiger partial charge in [-0.05, 0) is 45.8 Å². The zero-order valence-corrected chi connectivity index (χ0v) is 21.2. The van der Waals surface area contributed by atoms with Crippen LogP contribution >= 0.6 is 0 Å². The molecule has 2 rings (SSSR count). The first kappa shape index (κ1) is 25.7. The van der Waals surface area contributed by atoms with Crippen molar-refractivity contribution in [1.29, 1.82) is 0 Å². The van der Waals surface area contributed by atoms with Gasteiger partial charge in [0, 0.05) is 4.91 Å². The number of methoxy groups -OCH3 is 1. The lowest BCUT2D eigenvalue weighted by molar-refractivity contribution is -0.193. The largest absolute Gasteiger partial charge is 0.497 e. The number of benzene rings is 1. The molecule has 0 spiro atoms. The fourth-order valence-electron chi connectivity index (χ4n) is 4.97. The van der Waals surface area contributed by atoms with Gasteiger partial charge in [-0.3, -0.25) is 0 Å². The maximum absolute atomic E-state index is 9.23. The topological polar surface area (TPSA) is 85.7 Å². The quantitative estimate of drug-likeness (QED) is 0.178. The van der Waals surface area contributed by atoms with Crippen LogP contribution in [0.4, 0.5) is 0 Å². The summed E-state index contributed by atoms with van der Waals surface area (Å²) >= 11 is 0. The second kappa shape index (κ2) is 11.3. The normalized spacial score (nSPS) is 24.5. The van der Waals surface area contributed by atoms with Gasteiger partial charge in [0.15, 0.2) is 6.29 Å². The Morgan fingerprint density at radius 3 is 2.16 bits per heavy atom. The summed E-state index contributed by atoms with van der Waals surface area (Å²) in [5, 5.41) is 4.09. The van der Waals surface area contributed by atoms with E-state index in [0.29, 0.717) is 29.8 Å². The Labute approximate surface area is 188 Å². The van der Waals surface area contributed by atoms with Crippen LogP contribution < -0.4 is 4.74 Å². The van der Waals surface area contributed by atoms with Gasteiger partial charge < -0.3 is 18.6 Å². The van der Waals surface area contributed by atoms with Crippen molar-refractivity contribution in [2.75, 3.05) is 13.7 Å². The van der Waals surface area contributed by atoms with Gasteiger partial charge in [0.25, 0.3) is 0 Å². The molecule has 0 amide bonds. The van der Waals surface area contributed by atoms with E-state index in [9.17, 15) is 5.53 Å². The Morgan fingerprint density at radius 2 is 1.68 bits per heavy atom. The van der Waals surface area contributed by atoms with Crippen LogP contribution in [0.15, 0.2) is 29.4 Å². The van der Waals surface area contributed by atoms with Gasteiger partial charge in [0.1, 0.15) is 5.75 Å². The fourth-order valence-corrected chi connectivity index (χ4v) is 10.4. The molecule has 7 nitrogen and oxygen atoms in total. The van der Waals surface area contributed by atoms with E-state index < -0.39 is 20.6 Å². The Bertz CT molecular complexity index is 713. The highest BCUT2D eigenvalue weighted by molar-refractivity contribution is 6.77. The number of nitrogens with zero attached hydrogens (tertiary/aromatic N) is 3. The van der Waals surface area contributed by atoms with Crippen molar-refractivity contribution < 1.29 is 18.6 Å². The molecule has 1 aliphatic heterocycles. The molecule has 0 aliphatic carbocycles. The average molecular weight is 450 g/mol. The van der Waals surface area contributed by atoms with Gasteiger partial charge in [0.05, 0.1) is 32.5 Å². The average Bonchev–Trinajstić information content (AvgIpc) is 2.73. The lowest BCUT2D eigenvalue weighted by Gasteiger charge is -2.48. The van der Waals surface area contributed by atoms with E-state index in [2.05, 4.69) is 58.5 Å². The highest BCUT2D eigenvalue weighted by Crippen LogP contribution is 2.44. The van der Waals surface area contributed by atoms with Crippen molar-refractivity contribution in [2.45, 2.75) is 90.1 Å². The zero-order chi connectivity index (χ0) is 23.2. The van der Waals surface area contributed by atoms with Crippen LogP contribution in [0.2, 0.25) is 16.6 Å². The van der Waals surface area contributed by atoms with Crippen molar-refractivity contribution >= 4 is 8.32 Å². The maximum atomic E-state index is 9.23. The van der Waals surface area contributed by atoms with Crippen molar-refractivity contribution in [2.24, 2.45) is 11.0 Å². The fraction of sp³-hybridized carbons (Fsp3) is 0.739. The molecule has 1 aliphatic rings. The molecule has 0 saturated carbocycles. The summed E-state index contributed by atoms with van der Waals surface area (Å²) in [5.74, 6) is 0.792. The summed E-state index contributed by atoms with van der Waals surface area (Å²) in [5.41, 5.74) is 11.5. The predicted octanol–water partition coefficient (Wildman–Crippen LogP) is 6.44. The minimum Gasteiger partial charge on any atom is -0.497 e. The summed E-state index contributed by atoms with van der Waals surface area (Å²) in [7, 11) is -0.530. The van der Waals surface area contributed by atoms with Crippen molar-refractivity contribution in [1.82, 2.24) is 0 Å². The van der Waals surface area contributed by atoms with Crippen molar-refractivity contribution in [3.05, 3.63) is 40.3 Å². The summed E-state index contributed by atoms with van der Waals surface area (Å²) in [6, 6.07) is 7.37. The molecule has 1 aromatic rings. The van der Waals surface area contributed by atoms with Crippen LogP contribution in [0.3, 0.4) is 0 Å². The van der Waals surface area contributed by atoms with Gasteiger partial charge in [-0.2, -0.15) is 0 Å². The Morgan fingerprint density at radius 1 is 1.10 bits per heavy atom. The Balaban J connectivity index is 2.14. The molecule has 8 heteroatoms. The van der Waals surface area contributed by atoms with E-state index >= 15 is 0 Å². The minimum atomic E-state index is -2.18. The Kier molecular flexibility index (Phi) is 9.39. The highest BCUT2D eigenvalue weighted by Gasteiger charge is 2.50. The molecule has 4 atom stereocenters. The molecule has 0 bridgehead atoms. The SMILES string of the molecule is COc1ccc(COC2COC(O[Si](C(C)C)(C(C)C)C(C)C)C(N=[N+]=[N-])C2C)cc1. The minimum absolute atomic E-state index is 0.0221. The third-order valence-corrected chi connectivity index (χ3v) is 12.7. The molecule has 1 saturated heterocycles. The van der Waals surface area contributed by atoms with Crippen LogP contribution in [-0.4, -0.2) is 40.5 Å². The number of hydrogen-bond acceptors (Lipinski definition) is 5. The lowest BCUT2D eigenvalue weighted by Crippen LogP contribution is -2.57.